The highest BCUT2D eigenvalue weighted by molar-refractivity contribution is 5.86. The molecule has 51 heavy (non-hydrogen) atoms. The van der Waals surface area contributed by atoms with Gasteiger partial charge >= 0.3 is 6.09 Å². The van der Waals surface area contributed by atoms with Crippen molar-refractivity contribution in [3.8, 4) is 11.3 Å². The Kier molecular flexibility index (Phi) is 11.2. The van der Waals surface area contributed by atoms with E-state index < -0.39 is 12.1 Å². The number of rotatable bonds is 14. The van der Waals surface area contributed by atoms with Crippen LogP contribution in [-0.4, -0.2) is 94.5 Å². The van der Waals surface area contributed by atoms with Crippen molar-refractivity contribution in [2.24, 2.45) is 5.92 Å². The van der Waals surface area contributed by atoms with Crippen LogP contribution in [0.1, 0.15) is 107 Å². The van der Waals surface area contributed by atoms with Crippen LogP contribution in [0.3, 0.4) is 0 Å². The maximum absolute atomic E-state index is 13.6. The Bertz CT molecular complexity index is 1640. The summed E-state index contributed by atoms with van der Waals surface area (Å²) in [6, 6.07) is 8.36. The fourth-order valence-electron chi connectivity index (χ4n) is 8.62. The molecule has 3 saturated carbocycles. The third-order valence-corrected chi connectivity index (χ3v) is 11.7. The Morgan fingerprint density at radius 1 is 0.980 bits per heavy atom. The summed E-state index contributed by atoms with van der Waals surface area (Å²) >= 11 is 0. The molecule has 4 fully saturated rings. The molecule has 1 saturated heterocycles. The third-order valence-electron chi connectivity index (χ3n) is 11.7. The van der Waals surface area contributed by atoms with E-state index >= 15 is 0 Å². The van der Waals surface area contributed by atoms with Gasteiger partial charge in [-0.2, -0.15) is 0 Å². The van der Waals surface area contributed by atoms with E-state index in [1.807, 2.05) is 50.1 Å². The van der Waals surface area contributed by atoms with Crippen molar-refractivity contribution in [1.29, 1.82) is 0 Å². The second-order valence-corrected chi connectivity index (χ2v) is 15.7. The number of fused-ring (bicyclic) bond motifs is 3. The summed E-state index contributed by atoms with van der Waals surface area (Å²) in [6.45, 7) is 5.63. The molecule has 2 aromatic heterocycles. The number of amides is 3. The lowest BCUT2D eigenvalue weighted by atomic mass is 9.51. The molecule has 4 N–H and O–H groups in total. The third kappa shape index (κ3) is 8.00. The van der Waals surface area contributed by atoms with Gasteiger partial charge in [-0.1, -0.05) is 38.1 Å². The Balaban J connectivity index is 1.03. The van der Waals surface area contributed by atoms with E-state index in [4.69, 9.17) is 9.72 Å². The van der Waals surface area contributed by atoms with Crippen LogP contribution in [0.25, 0.3) is 11.3 Å². The summed E-state index contributed by atoms with van der Waals surface area (Å²) in [7, 11) is 5.10. The second kappa shape index (κ2) is 15.6. The summed E-state index contributed by atoms with van der Waals surface area (Å²) in [6.07, 6.45) is 14.7. The predicted molar refractivity (Wildman–Crippen MR) is 196 cm³/mol. The first-order valence-corrected chi connectivity index (χ1v) is 18.8. The molecule has 12 heteroatoms. The fourth-order valence-corrected chi connectivity index (χ4v) is 8.62. The van der Waals surface area contributed by atoms with Crippen molar-refractivity contribution in [3.63, 3.8) is 0 Å². The highest BCUT2D eigenvalue weighted by Crippen LogP contribution is 2.58. The first kappa shape index (κ1) is 36.6. The van der Waals surface area contributed by atoms with Crippen LogP contribution in [0.5, 0.6) is 0 Å². The smallest absolute Gasteiger partial charge is 0.407 e. The average Bonchev–Trinajstić information content (AvgIpc) is 3.92. The number of methoxy groups -OCH3 is 1. The lowest BCUT2D eigenvalue weighted by Crippen LogP contribution is -2.51. The number of nitrogens with one attached hydrogen (secondary N) is 4. The van der Waals surface area contributed by atoms with Crippen LogP contribution in [-0.2, 0) is 31.6 Å². The minimum absolute atomic E-state index is 0.0616. The van der Waals surface area contributed by atoms with E-state index in [0.717, 1.165) is 93.5 Å². The van der Waals surface area contributed by atoms with Gasteiger partial charge in [-0.15, -0.1) is 0 Å². The molecule has 7 rings (SSSR count). The zero-order valence-electron chi connectivity index (χ0n) is 31.0. The van der Waals surface area contributed by atoms with Crippen LogP contribution in [0.2, 0.25) is 0 Å². The summed E-state index contributed by atoms with van der Waals surface area (Å²) in [5.74, 6) is 1.75. The quantitative estimate of drug-likeness (QED) is 0.165. The number of aromatic nitrogens is 4. The number of carbonyl (C=O) groups is 3. The first-order chi connectivity index (χ1) is 24.5. The van der Waals surface area contributed by atoms with E-state index in [1.54, 1.807) is 0 Å². The second-order valence-electron chi connectivity index (χ2n) is 15.7. The Hall–Kier alpha value is -4.19. The molecule has 1 aliphatic heterocycles. The van der Waals surface area contributed by atoms with Gasteiger partial charge in [0.1, 0.15) is 17.7 Å². The summed E-state index contributed by atoms with van der Waals surface area (Å²) in [4.78, 5) is 57.9. The molecule has 0 radical (unpaired) electrons. The highest BCUT2D eigenvalue weighted by atomic mass is 16.5. The summed E-state index contributed by atoms with van der Waals surface area (Å²) in [5.41, 5.74) is 5.13. The lowest BCUT2D eigenvalue weighted by molar-refractivity contribution is -0.135. The van der Waals surface area contributed by atoms with Crippen molar-refractivity contribution < 1.29 is 19.1 Å². The maximum atomic E-state index is 13.6. The molecule has 3 amide bonds. The molecular weight excluding hydrogens is 644 g/mol. The molecule has 12 nitrogen and oxygen atoms in total. The van der Waals surface area contributed by atoms with Gasteiger partial charge in [0.05, 0.1) is 31.6 Å². The van der Waals surface area contributed by atoms with Crippen LogP contribution in [0.4, 0.5) is 4.79 Å². The van der Waals surface area contributed by atoms with E-state index in [9.17, 15) is 14.4 Å². The van der Waals surface area contributed by atoms with Gasteiger partial charge in [0.25, 0.3) is 0 Å². The SMILES string of the molecule is COC(=O)NC(C(=O)N1CCCC1c1ncc(C23CCC(c4ccc(-c5cnc(CCCCNC(=O)CN(C)C)[nH]5)cc4)(CC2)CC3)[nH]1)C(C)C. The summed E-state index contributed by atoms with van der Waals surface area (Å²) < 4.78 is 4.79. The highest BCUT2D eigenvalue weighted by Gasteiger charge is 2.51. The topological polar surface area (TPSA) is 148 Å². The minimum atomic E-state index is -0.641. The molecule has 3 heterocycles. The zero-order valence-corrected chi connectivity index (χ0v) is 31.0. The van der Waals surface area contributed by atoms with Crippen molar-refractivity contribution in [2.45, 2.75) is 107 Å². The number of nitrogens with zero attached hydrogens (tertiary/aromatic N) is 4. The van der Waals surface area contributed by atoms with Gasteiger partial charge in [-0.25, -0.2) is 14.8 Å². The van der Waals surface area contributed by atoms with Gasteiger partial charge in [0.15, 0.2) is 0 Å². The van der Waals surface area contributed by atoms with E-state index in [-0.39, 0.29) is 34.6 Å². The van der Waals surface area contributed by atoms with Crippen molar-refractivity contribution in [2.75, 3.05) is 40.8 Å². The molecule has 2 atom stereocenters. The van der Waals surface area contributed by atoms with Crippen LogP contribution < -0.4 is 10.6 Å². The fraction of sp³-hybridized carbons (Fsp3) is 0.615. The number of hydrogen-bond acceptors (Lipinski definition) is 7. The maximum Gasteiger partial charge on any atom is 0.407 e. The molecule has 3 aliphatic carbocycles. The lowest BCUT2D eigenvalue weighted by Gasteiger charge is -2.53. The Morgan fingerprint density at radius 2 is 1.69 bits per heavy atom. The normalized spacial score (nSPS) is 23.5. The number of imidazole rings is 2. The monoisotopic (exact) mass is 700 g/mol. The number of benzene rings is 1. The number of ether oxygens (including phenoxy) is 1. The molecule has 4 aliphatic rings. The van der Waals surface area contributed by atoms with Gasteiger partial charge < -0.3 is 35.1 Å². The Morgan fingerprint density at radius 3 is 2.35 bits per heavy atom. The number of aromatic amines is 2. The van der Waals surface area contributed by atoms with E-state index in [0.29, 0.717) is 19.6 Å². The molecule has 3 aromatic rings. The number of likely N-dealkylation sites (N-methyl/N-ethyl adjacent to an activating group) is 1. The van der Waals surface area contributed by atoms with Crippen LogP contribution in [0, 0.1) is 5.92 Å². The van der Waals surface area contributed by atoms with Crippen LogP contribution in [0.15, 0.2) is 36.7 Å². The number of carbonyl (C=O) groups excluding carboxylic acids is 3. The number of H-pyrrole nitrogens is 2. The number of alkyl carbamates (subject to hydrolysis) is 1. The molecule has 2 unspecified atom stereocenters. The molecule has 2 bridgehead atoms. The molecular formula is C39H56N8O4. The van der Waals surface area contributed by atoms with Crippen LogP contribution >= 0.6 is 0 Å². The largest absolute Gasteiger partial charge is 0.453 e. The molecule has 1 aromatic carbocycles. The number of likely N-dealkylation sites (tertiary alicyclic amines) is 1. The van der Waals surface area contributed by atoms with Crippen molar-refractivity contribution >= 4 is 17.9 Å². The molecule has 0 spiro atoms. The minimum Gasteiger partial charge on any atom is -0.453 e. The van der Waals surface area contributed by atoms with Gasteiger partial charge in [0, 0.05) is 36.8 Å². The zero-order chi connectivity index (χ0) is 36.2. The average molecular weight is 701 g/mol. The summed E-state index contributed by atoms with van der Waals surface area (Å²) in [5, 5.41) is 5.71. The van der Waals surface area contributed by atoms with E-state index in [2.05, 4.69) is 49.9 Å². The number of hydrogen-bond donors (Lipinski definition) is 4. The van der Waals surface area contributed by atoms with Crippen molar-refractivity contribution in [3.05, 3.63) is 59.6 Å². The van der Waals surface area contributed by atoms with E-state index in [1.165, 1.54) is 18.4 Å². The van der Waals surface area contributed by atoms with Gasteiger partial charge in [0.2, 0.25) is 11.8 Å². The van der Waals surface area contributed by atoms with Crippen molar-refractivity contribution in [1.82, 2.24) is 40.4 Å². The molecule has 276 valence electrons. The predicted octanol–water partition coefficient (Wildman–Crippen LogP) is 5.39. The number of aryl methyl sites for hydroxylation is 1. The number of unbranched alkanes of at least 4 members (excludes halogenated alkanes) is 1. The van der Waals surface area contributed by atoms with Gasteiger partial charge in [-0.05, 0) is 101 Å². The standard InChI is InChI=1S/C39H56N8O4/c1-26(2)34(45-37(50)51-5)36(49)47-22-8-9-30(47)35-42-24-31(44-35)39-18-15-38(16-19-39,17-20-39)28-13-11-27(12-14-28)29-23-41-32(43-29)10-6-7-21-40-33(48)25-46(3)4/h11-14,23-24,26,30,34H,6-10,15-22,25H2,1-5H3,(H,40,48)(H,41,43)(H,42,44)(H,45,50). The Labute approximate surface area is 301 Å². The van der Waals surface area contributed by atoms with Gasteiger partial charge in [-0.3, -0.25) is 9.59 Å². The first-order valence-electron chi connectivity index (χ1n) is 18.8.